The van der Waals surface area contributed by atoms with Crippen LogP contribution in [0.15, 0.2) is 0 Å². The molecule has 4 heteroatoms. The van der Waals surface area contributed by atoms with Gasteiger partial charge in [-0.05, 0) is 6.42 Å². The number of ether oxygens (including phenoxy) is 2. The molecular formula is C7H14O3Si. The summed E-state index contributed by atoms with van der Waals surface area (Å²) in [6.07, 6.45) is 1.55. The van der Waals surface area contributed by atoms with E-state index in [0.29, 0.717) is 13.2 Å². The van der Waals surface area contributed by atoms with Gasteiger partial charge in [0.05, 0.1) is 6.61 Å². The fraction of sp³-hybridized carbons (Fsp3) is 0.857. The Bertz CT molecular complexity index is 138. The molecule has 0 saturated carbocycles. The van der Waals surface area contributed by atoms with Crippen LogP contribution in [0, 0.1) is 0 Å². The summed E-state index contributed by atoms with van der Waals surface area (Å²) in [6.45, 7) is 1.24. The summed E-state index contributed by atoms with van der Waals surface area (Å²) in [4.78, 5) is 10.8. The van der Waals surface area contributed by atoms with Gasteiger partial charge in [0.1, 0.15) is 0 Å². The van der Waals surface area contributed by atoms with E-state index in [0.717, 1.165) is 12.8 Å². The molecule has 0 aliphatic carbocycles. The summed E-state index contributed by atoms with van der Waals surface area (Å²) in [5.41, 5.74) is 0. The molecule has 0 aromatic rings. The van der Waals surface area contributed by atoms with Crippen LogP contribution in [0.25, 0.3) is 0 Å². The summed E-state index contributed by atoms with van der Waals surface area (Å²) in [5, 5.41) is 0. The lowest BCUT2D eigenvalue weighted by Crippen LogP contribution is -2.18. The molecule has 1 aliphatic rings. The number of esters is 1. The molecule has 0 aromatic carbocycles. The predicted octanol–water partition coefficient (Wildman–Crippen LogP) is -0.508. The number of hydrogen-bond acceptors (Lipinski definition) is 3. The van der Waals surface area contributed by atoms with Crippen LogP contribution in [0.5, 0.6) is 0 Å². The second kappa shape index (κ2) is 4.51. The number of cyclic esters (lactones) is 1. The lowest BCUT2D eigenvalue weighted by atomic mass is 10.3. The molecule has 1 heterocycles. The topological polar surface area (TPSA) is 35.5 Å². The van der Waals surface area contributed by atoms with Crippen molar-refractivity contribution in [3.05, 3.63) is 0 Å². The van der Waals surface area contributed by atoms with E-state index in [-0.39, 0.29) is 12.1 Å². The molecule has 3 nitrogen and oxygen atoms in total. The molecular weight excluding hydrogens is 160 g/mol. The molecule has 1 rings (SSSR count). The van der Waals surface area contributed by atoms with Gasteiger partial charge in [-0.15, -0.1) is 0 Å². The highest BCUT2D eigenvalue weighted by Gasteiger charge is 2.26. The van der Waals surface area contributed by atoms with Gasteiger partial charge >= 0.3 is 5.97 Å². The van der Waals surface area contributed by atoms with E-state index < -0.39 is 0 Å². The van der Waals surface area contributed by atoms with Crippen molar-refractivity contribution in [1.29, 1.82) is 0 Å². The second-order valence-electron chi connectivity index (χ2n) is 2.67. The van der Waals surface area contributed by atoms with Crippen LogP contribution >= 0.6 is 0 Å². The minimum absolute atomic E-state index is 0.182. The first kappa shape index (κ1) is 8.74. The van der Waals surface area contributed by atoms with E-state index in [9.17, 15) is 4.79 Å². The van der Waals surface area contributed by atoms with Crippen molar-refractivity contribution in [3.8, 4) is 0 Å². The fourth-order valence-electron chi connectivity index (χ4n) is 0.999. The fourth-order valence-corrected chi connectivity index (χ4v) is 1.29. The molecule has 1 aliphatic heterocycles. The third-order valence-electron chi connectivity index (χ3n) is 1.70. The van der Waals surface area contributed by atoms with Gasteiger partial charge in [0.2, 0.25) is 0 Å². The molecule has 0 radical (unpaired) electrons. The minimum Gasteiger partial charge on any atom is -0.464 e. The summed E-state index contributed by atoms with van der Waals surface area (Å²) in [7, 11) is 1.22. The first-order valence-corrected chi connectivity index (χ1v) is 5.54. The smallest absolute Gasteiger partial charge is 0.335 e. The van der Waals surface area contributed by atoms with Gasteiger partial charge in [-0.2, -0.15) is 0 Å². The zero-order valence-electron chi connectivity index (χ0n) is 6.84. The molecule has 0 amide bonds. The molecule has 11 heavy (non-hydrogen) atoms. The molecule has 0 aromatic heterocycles. The van der Waals surface area contributed by atoms with Crippen molar-refractivity contribution >= 4 is 16.2 Å². The van der Waals surface area contributed by atoms with Gasteiger partial charge in [-0.1, -0.05) is 6.04 Å². The number of carbonyl (C=O) groups is 1. The summed E-state index contributed by atoms with van der Waals surface area (Å²) >= 11 is 0. The summed E-state index contributed by atoms with van der Waals surface area (Å²) < 4.78 is 10.0. The normalized spacial score (nSPS) is 24.0. The van der Waals surface area contributed by atoms with Crippen molar-refractivity contribution in [2.45, 2.75) is 25.0 Å². The van der Waals surface area contributed by atoms with Gasteiger partial charge in [-0.3, -0.25) is 0 Å². The largest absolute Gasteiger partial charge is 0.464 e. The first-order valence-electron chi connectivity index (χ1n) is 4.13. The average molecular weight is 174 g/mol. The van der Waals surface area contributed by atoms with Crippen molar-refractivity contribution in [2.75, 3.05) is 13.2 Å². The minimum atomic E-state index is -0.261. The molecule has 0 bridgehead atoms. The van der Waals surface area contributed by atoms with Gasteiger partial charge in [0, 0.05) is 23.3 Å². The Labute approximate surface area is 69.5 Å². The van der Waals surface area contributed by atoms with Crippen molar-refractivity contribution in [1.82, 2.24) is 0 Å². The predicted molar refractivity (Wildman–Crippen MR) is 44.7 cm³/mol. The zero-order chi connectivity index (χ0) is 8.10. The van der Waals surface area contributed by atoms with Crippen molar-refractivity contribution < 1.29 is 14.3 Å². The third kappa shape index (κ3) is 2.63. The van der Waals surface area contributed by atoms with E-state index >= 15 is 0 Å². The highest BCUT2D eigenvalue weighted by molar-refractivity contribution is 6.08. The van der Waals surface area contributed by atoms with Crippen LogP contribution in [0.3, 0.4) is 0 Å². The summed E-state index contributed by atoms with van der Waals surface area (Å²) in [5.74, 6) is -0.182. The molecule has 0 N–H and O–H groups in total. The van der Waals surface area contributed by atoms with Gasteiger partial charge in [-0.25, -0.2) is 4.79 Å². The number of hydrogen-bond donors (Lipinski definition) is 0. The van der Waals surface area contributed by atoms with E-state index in [2.05, 4.69) is 0 Å². The van der Waals surface area contributed by atoms with E-state index in [4.69, 9.17) is 9.47 Å². The van der Waals surface area contributed by atoms with Gasteiger partial charge in [0.25, 0.3) is 0 Å². The van der Waals surface area contributed by atoms with Gasteiger partial charge in [0.15, 0.2) is 6.10 Å². The molecule has 1 unspecified atom stereocenters. The Morgan fingerprint density at radius 1 is 1.73 bits per heavy atom. The van der Waals surface area contributed by atoms with Crippen LogP contribution in [-0.2, 0) is 14.3 Å². The molecule has 64 valence electrons. The van der Waals surface area contributed by atoms with Crippen LogP contribution in [0.2, 0.25) is 6.04 Å². The Balaban J connectivity index is 2.10. The Kier molecular flexibility index (Phi) is 3.58. The maximum absolute atomic E-state index is 10.8. The van der Waals surface area contributed by atoms with E-state index in [1.807, 2.05) is 0 Å². The standard InChI is InChI=1S/C7H14O3Si/c8-7-6(2-4-10-7)9-3-1-5-11/h6H,1-5H2,11H3. The summed E-state index contributed by atoms with van der Waals surface area (Å²) in [6, 6.07) is 1.24. The SMILES string of the molecule is O=C1OCCC1OCCC[SiH3]. The van der Waals surface area contributed by atoms with Crippen molar-refractivity contribution in [3.63, 3.8) is 0 Å². The lowest BCUT2D eigenvalue weighted by molar-refractivity contribution is -0.147. The first-order chi connectivity index (χ1) is 5.34. The Hall–Kier alpha value is -0.353. The van der Waals surface area contributed by atoms with Crippen LogP contribution < -0.4 is 0 Å². The van der Waals surface area contributed by atoms with Gasteiger partial charge < -0.3 is 9.47 Å². The average Bonchev–Trinajstić information content (AvgIpc) is 2.37. The van der Waals surface area contributed by atoms with Crippen LogP contribution in [-0.4, -0.2) is 35.5 Å². The number of carbonyl (C=O) groups excluding carboxylic acids is 1. The lowest BCUT2D eigenvalue weighted by Gasteiger charge is -2.05. The quantitative estimate of drug-likeness (QED) is 0.327. The Morgan fingerprint density at radius 3 is 3.09 bits per heavy atom. The van der Waals surface area contributed by atoms with Crippen LogP contribution in [0.4, 0.5) is 0 Å². The van der Waals surface area contributed by atoms with E-state index in [1.165, 1.54) is 16.3 Å². The van der Waals surface area contributed by atoms with Crippen molar-refractivity contribution in [2.24, 2.45) is 0 Å². The molecule has 1 fully saturated rings. The second-order valence-corrected chi connectivity index (χ2v) is 3.67. The van der Waals surface area contributed by atoms with E-state index in [1.54, 1.807) is 0 Å². The zero-order valence-corrected chi connectivity index (χ0v) is 8.84. The molecule has 1 saturated heterocycles. The molecule has 0 spiro atoms. The highest BCUT2D eigenvalue weighted by Crippen LogP contribution is 2.10. The maximum Gasteiger partial charge on any atom is 0.335 e. The van der Waals surface area contributed by atoms with Crippen LogP contribution in [0.1, 0.15) is 12.8 Å². The monoisotopic (exact) mass is 174 g/mol. The Morgan fingerprint density at radius 2 is 2.55 bits per heavy atom. The third-order valence-corrected chi connectivity index (χ3v) is 2.41. The number of rotatable bonds is 4. The highest BCUT2D eigenvalue weighted by atomic mass is 28.1. The maximum atomic E-state index is 10.8. The molecule has 1 atom stereocenters.